The second-order valence-electron chi connectivity index (χ2n) is 4.34. The van der Waals surface area contributed by atoms with Crippen LogP contribution in [0, 0.1) is 0 Å². The van der Waals surface area contributed by atoms with E-state index in [1.807, 2.05) is 19.9 Å². The van der Waals surface area contributed by atoms with Crippen molar-refractivity contribution in [3.05, 3.63) is 28.8 Å². The molecule has 2 atom stereocenters. The quantitative estimate of drug-likeness (QED) is 0.844. The van der Waals surface area contributed by atoms with Crippen LogP contribution in [-0.2, 0) is 4.79 Å². The molecular formula is C14H21ClN2O2. The van der Waals surface area contributed by atoms with Crippen molar-refractivity contribution >= 4 is 17.5 Å². The maximum atomic E-state index is 11.5. The number of halogens is 1. The zero-order valence-corrected chi connectivity index (χ0v) is 12.5. The fourth-order valence-electron chi connectivity index (χ4n) is 1.83. The first-order valence-corrected chi connectivity index (χ1v) is 6.78. The van der Waals surface area contributed by atoms with Crippen LogP contribution in [0.25, 0.3) is 0 Å². The summed E-state index contributed by atoms with van der Waals surface area (Å²) in [7, 11) is 1.59. The number of rotatable bonds is 6. The molecule has 0 heterocycles. The number of hydrogen-bond acceptors (Lipinski definition) is 3. The van der Waals surface area contributed by atoms with Gasteiger partial charge in [-0.2, -0.15) is 0 Å². The van der Waals surface area contributed by atoms with Crippen molar-refractivity contribution in [3.63, 3.8) is 0 Å². The minimum atomic E-state index is -0.543. The van der Waals surface area contributed by atoms with Crippen LogP contribution in [0.15, 0.2) is 18.2 Å². The van der Waals surface area contributed by atoms with E-state index < -0.39 is 6.10 Å². The maximum absolute atomic E-state index is 11.5. The molecule has 1 aromatic rings. The number of amides is 1. The van der Waals surface area contributed by atoms with Crippen LogP contribution in [0.2, 0.25) is 5.02 Å². The first-order chi connectivity index (χ1) is 8.99. The number of carbonyl (C=O) groups is 1. The Balaban J connectivity index is 2.96. The van der Waals surface area contributed by atoms with Crippen LogP contribution in [0.4, 0.5) is 0 Å². The summed E-state index contributed by atoms with van der Waals surface area (Å²) in [6, 6.07) is 5.53. The molecule has 19 heavy (non-hydrogen) atoms. The van der Waals surface area contributed by atoms with Gasteiger partial charge >= 0.3 is 0 Å². The van der Waals surface area contributed by atoms with E-state index in [0.717, 1.165) is 12.1 Å². The van der Waals surface area contributed by atoms with Gasteiger partial charge in [0.25, 0.3) is 5.91 Å². The molecule has 0 radical (unpaired) electrons. The van der Waals surface area contributed by atoms with Crippen LogP contribution >= 0.6 is 11.6 Å². The van der Waals surface area contributed by atoms with Crippen LogP contribution in [0.1, 0.15) is 32.4 Å². The van der Waals surface area contributed by atoms with Gasteiger partial charge < -0.3 is 15.4 Å². The van der Waals surface area contributed by atoms with Crippen molar-refractivity contribution in [1.82, 2.24) is 10.6 Å². The molecule has 0 saturated heterocycles. The summed E-state index contributed by atoms with van der Waals surface area (Å²) in [5.41, 5.74) is 0.949. The van der Waals surface area contributed by atoms with E-state index in [0.29, 0.717) is 10.8 Å². The zero-order valence-electron chi connectivity index (χ0n) is 11.8. The van der Waals surface area contributed by atoms with E-state index in [2.05, 4.69) is 10.6 Å². The molecule has 0 aliphatic heterocycles. The first-order valence-electron chi connectivity index (χ1n) is 6.40. The number of benzene rings is 1. The third-order valence-electron chi connectivity index (χ3n) is 2.87. The van der Waals surface area contributed by atoms with Gasteiger partial charge in [0.05, 0.1) is 0 Å². The van der Waals surface area contributed by atoms with Gasteiger partial charge in [0, 0.05) is 23.7 Å². The molecule has 2 unspecified atom stereocenters. The number of carbonyl (C=O) groups excluding carboxylic acids is 1. The second kappa shape index (κ2) is 7.36. The van der Waals surface area contributed by atoms with Gasteiger partial charge in [-0.3, -0.25) is 4.79 Å². The number of ether oxygens (including phenoxy) is 1. The summed E-state index contributed by atoms with van der Waals surface area (Å²) in [6.45, 7) is 6.63. The lowest BCUT2D eigenvalue weighted by Gasteiger charge is -2.20. The Morgan fingerprint density at radius 3 is 2.68 bits per heavy atom. The fourth-order valence-corrected chi connectivity index (χ4v) is 2.01. The van der Waals surface area contributed by atoms with Crippen molar-refractivity contribution in [2.75, 3.05) is 13.6 Å². The molecule has 0 aliphatic carbocycles. The summed E-state index contributed by atoms with van der Waals surface area (Å²) in [5.74, 6) is 0.519. The molecule has 0 spiro atoms. The third-order valence-corrected chi connectivity index (χ3v) is 3.10. The van der Waals surface area contributed by atoms with E-state index in [1.165, 1.54) is 0 Å². The summed E-state index contributed by atoms with van der Waals surface area (Å²) in [5, 5.41) is 6.52. The number of likely N-dealkylation sites (N-methyl/N-ethyl adjacent to an activating group) is 1. The average Bonchev–Trinajstić information content (AvgIpc) is 2.39. The van der Waals surface area contributed by atoms with Gasteiger partial charge in [-0.25, -0.2) is 0 Å². The Kier molecular flexibility index (Phi) is 6.12. The van der Waals surface area contributed by atoms with E-state index in [9.17, 15) is 4.79 Å². The van der Waals surface area contributed by atoms with Gasteiger partial charge in [0.1, 0.15) is 5.75 Å². The van der Waals surface area contributed by atoms with Crippen LogP contribution in [0.3, 0.4) is 0 Å². The van der Waals surface area contributed by atoms with Crippen LogP contribution < -0.4 is 15.4 Å². The van der Waals surface area contributed by atoms with Crippen molar-refractivity contribution in [1.29, 1.82) is 0 Å². The molecule has 1 aromatic carbocycles. The zero-order chi connectivity index (χ0) is 14.4. The third kappa shape index (κ3) is 4.40. The summed E-state index contributed by atoms with van der Waals surface area (Å²) in [4.78, 5) is 11.5. The predicted molar refractivity (Wildman–Crippen MR) is 77.7 cm³/mol. The highest BCUT2D eigenvalue weighted by Crippen LogP contribution is 2.29. The van der Waals surface area contributed by atoms with Crippen molar-refractivity contribution in [3.8, 4) is 5.75 Å². The topological polar surface area (TPSA) is 50.4 Å². The highest BCUT2D eigenvalue weighted by Gasteiger charge is 2.17. The van der Waals surface area contributed by atoms with Gasteiger partial charge in [-0.15, -0.1) is 0 Å². The molecule has 106 valence electrons. The van der Waals surface area contributed by atoms with Gasteiger partial charge in [0.15, 0.2) is 6.10 Å². The largest absolute Gasteiger partial charge is 0.481 e. The minimum absolute atomic E-state index is 0.107. The Hall–Kier alpha value is -1.26. The Morgan fingerprint density at radius 1 is 1.42 bits per heavy atom. The van der Waals surface area contributed by atoms with Crippen molar-refractivity contribution in [2.45, 2.75) is 32.9 Å². The second-order valence-corrected chi connectivity index (χ2v) is 4.77. The highest BCUT2D eigenvalue weighted by molar-refractivity contribution is 6.30. The SMILES string of the molecule is CCNC(C)c1cc(Cl)ccc1OC(C)C(=O)NC. The molecule has 0 bridgehead atoms. The molecule has 1 amide bonds. The monoisotopic (exact) mass is 284 g/mol. The fraction of sp³-hybridized carbons (Fsp3) is 0.500. The lowest BCUT2D eigenvalue weighted by atomic mass is 10.1. The summed E-state index contributed by atoms with van der Waals surface area (Å²) >= 11 is 6.02. The maximum Gasteiger partial charge on any atom is 0.260 e. The molecule has 0 fully saturated rings. The molecule has 5 heteroatoms. The van der Waals surface area contributed by atoms with E-state index in [4.69, 9.17) is 16.3 Å². The average molecular weight is 285 g/mol. The van der Waals surface area contributed by atoms with Gasteiger partial charge in [0.2, 0.25) is 0 Å². The van der Waals surface area contributed by atoms with Crippen molar-refractivity contribution in [2.24, 2.45) is 0 Å². The van der Waals surface area contributed by atoms with Gasteiger partial charge in [-0.05, 0) is 38.6 Å². The molecule has 0 aliphatic rings. The summed E-state index contributed by atoms with van der Waals surface area (Å²) in [6.07, 6.45) is -0.543. The number of hydrogen-bond donors (Lipinski definition) is 2. The Labute approximate surface area is 119 Å². The predicted octanol–water partition coefficient (Wildman–Crippen LogP) is 2.52. The molecule has 0 saturated carbocycles. The molecule has 1 rings (SSSR count). The highest BCUT2D eigenvalue weighted by atomic mass is 35.5. The van der Waals surface area contributed by atoms with Gasteiger partial charge in [-0.1, -0.05) is 18.5 Å². The smallest absolute Gasteiger partial charge is 0.260 e. The van der Waals surface area contributed by atoms with E-state index in [1.54, 1.807) is 26.1 Å². The normalized spacial score (nSPS) is 13.7. The van der Waals surface area contributed by atoms with E-state index in [-0.39, 0.29) is 11.9 Å². The standard InChI is InChI=1S/C14H21ClN2O2/c1-5-17-9(2)12-8-11(15)6-7-13(12)19-10(3)14(18)16-4/h6-10,17H,5H2,1-4H3,(H,16,18). The molecule has 0 aromatic heterocycles. The van der Waals surface area contributed by atoms with Crippen LogP contribution in [0.5, 0.6) is 5.75 Å². The van der Waals surface area contributed by atoms with Crippen molar-refractivity contribution < 1.29 is 9.53 Å². The lowest BCUT2D eigenvalue weighted by molar-refractivity contribution is -0.126. The first kappa shape index (κ1) is 15.8. The Morgan fingerprint density at radius 2 is 2.11 bits per heavy atom. The summed E-state index contributed by atoms with van der Waals surface area (Å²) < 4.78 is 5.71. The number of nitrogens with one attached hydrogen (secondary N) is 2. The minimum Gasteiger partial charge on any atom is -0.481 e. The lowest BCUT2D eigenvalue weighted by Crippen LogP contribution is -2.34. The Bertz CT molecular complexity index is 437. The molecule has 4 nitrogen and oxygen atoms in total. The molecular weight excluding hydrogens is 264 g/mol. The van der Waals surface area contributed by atoms with Crippen LogP contribution in [-0.4, -0.2) is 25.6 Å². The van der Waals surface area contributed by atoms with E-state index >= 15 is 0 Å². The molecule has 2 N–H and O–H groups in total.